The Morgan fingerprint density at radius 3 is 2.62 bits per heavy atom. The lowest BCUT2D eigenvalue weighted by Gasteiger charge is -2.25. The number of benzene rings is 1. The Hall–Kier alpha value is -2.44. The summed E-state index contributed by atoms with van der Waals surface area (Å²) in [4.78, 5) is 21.3. The molecule has 1 aliphatic carbocycles. The van der Waals surface area contributed by atoms with Crippen LogP contribution in [0.2, 0.25) is 0 Å². The Labute approximate surface area is 172 Å². The van der Waals surface area contributed by atoms with Crippen LogP contribution in [-0.4, -0.2) is 60.1 Å². The number of pyridine rings is 1. The zero-order valence-corrected chi connectivity index (χ0v) is 17.0. The van der Waals surface area contributed by atoms with Crippen molar-refractivity contribution in [3.8, 4) is 5.75 Å². The number of carbonyl (C=O) groups is 1. The maximum Gasteiger partial charge on any atom is 0.237 e. The average molecular weight is 396 g/mol. The highest BCUT2D eigenvalue weighted by atomic mass is 16.5. The average Bonchev–Trinajstić information content (AvgIpc) is 3.57. The van der Waals surface area contributed by atoms with Crippen LogP contribution in [0.4, 0.5) is 0 Å². The highest BCUT2D eigenvalue weighted by Crippen LogP contribution is 2.30. The quantitative estimate of drug-likeness (QED) is 0.688. The third-order valence-electron chi connectivity index (χ3n) is 5.55. The van der Waals surface area contributed by atoms with Crippen molar-refractivity contribution in [2.24, 2.45) is 5.92 Å². The van der Waals surface area contributed by atoms with Gasteiger partial charge in [0.1, 0.15) is 5.75 Å². The highest BCUT2D eigenvalue weighted by Gasteiger charge is 2.32. The van der Waals surface area contributed by atoms with Crippen molar-refractivity contribution in [1.82, 2.24) is 14.8 Å². The van der Waals surface area contributed by atoms with Crippen LogP contribution in [0, 0.1) is 5.92 Å². The van der Waals surface area contributed by atoms with Gasteiger partial charge >= 0.3 is 0 Å². The summed E-state index contributed by atoms with van der Waals surface area (Å²) in [5, 5.41) is 0. The van der Waals surface area contributed by atoms with Gasteiger partial charge in [0.15, 0.2) is 0 Å². The van der Waals surface area contributed by atoms with Gasteiger partial charge in [0.2, 0.25) is 5.91 Å². The molecule has 29 heavy (non-hydrogen) atoms. The number of hydrogen-bond acceptors (Lipinski definition) is 5. The Morgan fingerprint density at radius 2 is 1.93 bits per heavy atom. The van der Waals surface area contributed by atoms with E-state index in [0.717, 1.165) is 35.9 Å². The smallest absolute Gasteiger partial charge is 0.237 e. The van der Waals surface area contributed by atoms with Crippen LogP contribution < -0.4 is 4.74 Å². The van der Waals surface area contributed by atoms with Crippen molar-refractivity contribution in [2.45, 2.75) is 32.1 Å². The van der Waals surface area contributed by atoms with E-state index in [0.29, 0.717) is 26.2 Å². The fourth-order valence-corrected chi connectivity index (χ4v) is 3.76. The predicted octanol–water partition coefficient (Wildman–Crippen LogP) is 2.73. The first-order valence-corrected chi connectivity index (χ1v) is 10.3. The number of aromatic nitrogens is 1. The monoisotopic (exact) mass is 395 g/mol. The molecule has 6 heteroatoms. The van der Waals surface area contributed by atoms with E-state index >= 15 is 0 Å². The van der Waals surface area contributed by atoms with Crippen molar-refractivity contribution in [3.63, 3.8) is 0 Å². The van der Waals surface area contributed by atoms with Crippen LogP contribution in [0.3, 0.4) is 0 Å². The van der Waals surface area contributed by atoms with Crippen LogP contribution in [0.5, 0.6) is 5.75 Å². The van der Waals surface area contributed by atoms with E-state index in [1.807, 2.05) is 47.5 Å². The van der Waals surface area contributed by atoms with Crippen molar-refractivity contribution >= 4 is 5.91 Å². The number of ether oxygens (including phenoxy) is 2. The predicted molar refractivity (Wildman–Crippen MR) is 110 cm³/mol. The van der Waals surface area contributed by atoms with Crippen molar-refractivity contribution in [1.29, 1.82) is 0 Å². The molecule has 1 amide bonds. The summed E-state index contributed by atoms with van der Waals surface area (Å²) in [6.07, 6.45) is 6.14. The summed E-state index contributed by atoms with van der Waals surface area (Å²) in [5.74, 6) is 1.74. The number of nitrogens with zero attached hydrogens (tertiary/aromatic N) is 3. The summed E-state index contributed by atoms with van der Waals surface area (Å²) in [6, 6.07) is 11.9. The van der Waals surface area contributed by atoms with Crippen LogP contribution in [0.25, 0.3) is 0 Å². The summed E-state index contributed by atoms with van der Waals surface area (Å²) in [5.41, 5.74) is 2.15. The zero-order valence-electron chi connectivity index (χ0n) is 17.0. The van der Waals surface area contributed by atoms with Gasteiger partial charge in [-0.25, -0.2) is 0 Å². The Morgan fingerprint density at radius 1 is 1.10 bits per heavy atom. The number of amides is 1. The second-order valence-corrected chi connectivity index (χ2v) is 8.05. The van der Waals surface area contributed by atoms with Crippen LogP contribution in [-0.2, 0) is 22.7 Å². The number of methoxy groups -OCH3 is 1. The maximum absolute atomic E-state index is 13.0. The zero-order chi connectivity index (χ0) is 20.1. The standard InChI is InChI=1S/C23H29N3O3/c1-28-21-8-6-19(7-9-21)13-26-15-22(29-17-20-3-2-10-24-11-20)14-25(16-23(26)27)12-18-4-5-18/h2-3,6-11,18,22H,4-5,12-17H2,1H3. The van der Waals surface area contributed by atoms with E-state index in [9.17, 15) is 4.79 Å². The van der Waals surface area contributed by atoms with E-state index in [-0.39, 0.29) is 12.0 Å². The molecule has 1 saturated heterocycles. The van der Waals surface area contributed by atoms with Crippen LogP contribution in [0.15, 0.2) is 48.8 Å². The lowest BCUT2D eigenvalue weighted by Crippen LogP contribution is -2.37. The lowest BCUT2D eigenvalue weighted by molar-refractivity contribution is -0.132. The molecule has 0 spiro atoms. The van der Waals surface area contributed by atoms with Crippen LogP contribution in [0.1, 0.15) is 24.0 Å². The van der Waals surface area contributed by atoms with E-state index in [4.69, 9.17) is 9.47 Å². The van der Waals surface area contributed by atoms with Gasteiger partial charge in [-0.2, -0.15) is 0 Å². The summed E-state index contributed by atoms with van der Waals surface area (Å²) in [6.45, 7) is 3.97. The maximum atomic E-state index is 13.0. The summed E-state index contributed by atoms with van der Waals surface area (Å²) >= 11 is 0. The molecule has 4 rings (SSSR count). The fourth-order valence-electron chi connectivity index (χ4n) is 3.76. The molecule has 2 aromatic rings. The van der Waals surface area contributed by atoms with Crippen molar-refractivity contribution in [3.05, 3.63) is 59.9 Å². The Kier molecular flexibility index (Phi) is 6.42. The molecule has 2 fully saturated rings. The molecule has 0 radical (unpaired) electrons. The van der Waals surface area contributed by atoms with Crippen molar-refractivity contribution in [2.75, 3.05) is 33.3 Å². The highest BCUT2D eigenvalue weighted by molar-refractivity contribution is 5.78. The number of carbonyl (C=O) groups excluding carboxylic acids is 1. The molecule has 2 heterocycles. The van der Waals surface area contributed by atoms with Crippen LogP contribution >= 0.6 is 0 Å². The van der Waals surface area contributed by atoms with Gasteiger partial charge in [-0.3, -0.25) is 14.7 Å². The third kappa shape index (κ3) is 5.78. The van der Waals surface area contributed by atoms with Gasteiger partial charge in [0.25, 0.3) is 0 Å². The largest absolute Gasteiger partial charge is 0.497 e. The second-order valence-electron chi connectivity index (χ2n) is 8.05. The molecular weight excluding hydrogens is 366 g/mol. The topological polar surface area (TPSA) is 54.9 Å². The minimum atomic E-state index is -0.0151. The summed E-state index contributed by atoms with van der Waals surface area (Å²) in [7, 11) is 1.66. The molecule has 6 nitrogen and oxygen atoms in total. The molecule has 0 N–H and O–H groups in total. The molecule has 154 valence electrons. The second kappa shape index (κ2) is 9.37. The number of hydrogen-bond donors (Lipinski definition) is 0. The Balaban J connectivity index is 1.43. The van der Waals surface area contributed by atoms with Gasteiger partial charge in [0, 0.05) is 38.6 Å². The molecule has 1 aliphatic heterocycles. The van der Waals surface area contributed by atoms with Gasteiger partial charge in [-0.05, 0) is 48.1 Å². The first kappa shape index (κ1) is 19.9. The number of rotatable bonds is 8. The normalized spacial score (nSPS) is 20.5. The molecular formula is C23H29N3O3. The first-order valence-electron chi connectivity index (χ1n) is 10.3. The van der Waals surface area contributed by atoms with E-state index in [1.165, 1.54) is 12.8 Å². The molecule has 1 atom stereocenters. The molecule has 1 aromatic heterocycles. The minimum absolute atomic E-state index is 0.0151. The summed E-state index contributed by atoms with van der Waals surface area (Å²) < 4.78 is 11.5. The first-order chi connectivity index (χ1) is 14.2. The third-order valence-corrected chi connectivity index (χ3v) is 5.55. The van der Waals surface area contributed by atoms with E-state index in [1.54, 1.807) is 13.3 Å². The van der Waals surface area contributed by atoms with Gasteiger partial charge in [0.05, 0.1) is 26.4 Å². The Bertz CT molecular complexity index is 793. The van der Waals surface area contributed by atoms with E-state index in [2.05, 4.69) is 9.88 Å². The van der Waals surface area contributed by atoms with E-state index < -0.39 is 0 Å². The molecule has 2 aliphatic rings. The molecule has 1 saturated carbocycles. The minimum Gasteiger partial charge on any atom is -0.497 e. The fraction of sp³-hybridized carbons (Fsp3) is 0.478. The molecule has 1 unspecified atom stereocenters. The SMILES string of the molecule is COc1ccc(CN2CC(OCc3cccnc3)CN(CC3CC3)CC2=O)cc1. The molecule has 0 bridgehead atoms. The molecule has 1 aromatic carbocycles. The van der Waals surface area contributed by atoms with Crippen molar-refractivity contribution < 1.29 is 14.3 Å². The van der Waals surface area contributed by atoms with Gasteiger partial charge in [-0.15, -0.1) is 0 Å². The van der Waals surface area contributed by atoms with Gasteiger partial charge < -0.3 is 14.4 Å². The van der Waals surface area contributed by atoms with Gasteiger partial charge in [-0.1, -0.05) is 18.2 Å². The lowest BCUT2D eigenvalue weighted by atomic mass is 10.2.